The van der Waals surface area contributed by atoms with Crippen molar-refractivity contribution in [2.24, 2.45) is 4.99 Å². The molecule has 0 amide bonds. The van der Waals surface area contributed by atoms with Crippen molar-refractivity contribution in [3.63, 3.8) is 0 Å². The fraction of sp³-hybridized carbons (Fsp3) is 0.370. The minimum Gasteiger partial charge on any atom is -0.459 e. The molecule has 3 aliphatic rings. The quantitative estimate of drug-likeness (QED) is 0.488. The molecule has 31 heavy (non-hydrogen) atoms. The van der Waals surface area contributed by atoms with Gasteiger partial charge in [-0.3, -0.25) is 4.99 Å². The van der Waals surface area contributed by atoms with Crippen LogP contribution in [-0.2, 0) is 5.41 Å². The summed E-state index contributed by atoms with van der Waals surface area (Å²) in [5, 5.41) is 2.44. The topological polar surface area (TPSA) is 28.1 Å². The molecule has 4 heteroatoms. The van der Waals surface area contributed by atoms with Gasteiger partial charge in [-0.05, 0) is 44.7 Å². The highest BCUT2D eigenvalue weighted by Crippen LogP contribution is 2.55. The third-order valence-corrected chi connectivity index (χ3v) is 7.62. The minimum atomic E-state index is -0.648. The Kier molecular flexibility index (Phi) is 3.92. The number of hydrogen-bond donors (Lipinski definition) is 0. The lowest BCUT2D eigenvalue weighted by Crippen LogP contribution is -2.61. The molecule has 0 radical (unpaired) electrons. The van der Waals surface area contributed by atoms with Crippen LogP contribution in [0.15, 0.2) is 59.6 Å². The highest BCUT2D eigenvalue weighted by atomic mass is 16.5. The Labute approximate surface area is 184 Å². The van der Waals surface area contributed by atoms with Crippen molar-refractivity contribution in [1.29, 1.82) is 0 Å². The van der Waals surface area contributed by atoms with Gasteiger partial charge >= 0.3 is 0 Å². The van der Waals surface area contributed by atoms with Crippen LogP contribution in [0.1, 0.15) is 38.7 Å². The summed E-state index contributed by atoms with van der Waals surface area (Å²) in [5.74, 6) is 0.884. The van der Waals surface area contributed by atoms with Crippen molar-refractivity contribution in [2.45, 2.75) is 44.2 Å². The van der Waals surface area contributed by atoms with Crippen LogP contribution in [0.2, 0.25) is 0 Å². The Bertz CT molecular complexity index is 1210. The van der Waals surface area contributed by atoms with Gasteiger partial charge < -0.3 is 14.5 Å². The first kappa shape index (κ1) is 18.7. The van der Waals surface area contributed by atoms with E-state index in [1.807, 2.05) is 6.21 Å². The van der Waals surface area contributed by atoms with Gasteiger partial charge in [0.15, 0.2) is 5.75 Å². The van der Waals surface area contributed by atoms with Crippen molar-refractivity contribution in [2.75, 3.05) is 29.9 Å². The van der Waals surface area contributed by atoms with Gasteiger partial charge in [0.2, 0.25) is 5.72 Å². The Morgan fingerprint density at radius 3 is 2.35 bits per heavy atom. The van der Waals surface area contributed by atoms with Gasteiger partial charge in [0.1, 0.15) is 5.69 Å². The van der Waals surface area contributed by atoms with Crippen molar-refractivity contribution in [3.8, 4) is 5.75 Å². The molecule has 1 atom stereocenters. The van der Waals surface area contributed by atoms with Crippen molar-refractivity contribution < 1.29 is 4.74 Å². The standard InChI is InChI=1S/C27H29N3O/c1-26(2)21-13-7-8-14-22(21)29(3)27(26)18-28-25-20-12-6-5-11-19(20)23(17-24(25)31-27)30-15-9-4-10-16-30/h5-8,11-14,17-18H,4,9-10,15-16H2,1-3H3/t27-/m0/s1. The average molecular weight is 412 g/mol. The first-order chi connectivity index (χ1) is 15.0. The number of rotatable bonds is 1. The molecule has 0 saturated carbocycles. The van der Waals surface area contributed by atoms with Gasteiger partial charge in [0, 0.05) is 48.4 Å². The minimum absolute atomic E-state index is 0.240. The summed E-state index contributed by atoms with van der Waals surface area (Å²) in [6.45, 7) is 6.74. The number of piperidine rings is 1. The lowest BCUT2D eigenvalue weighted by Gasteiger charge is -2.45. The fourth-order valence-electron chi connectivity index (χ4n) is 5.80. The number of hydrogen-bond acceptors (Lipinski definition) is 4. The van der Waals surface area contributed by atoms with E-state index in [2.05, 4.69) is 85.3 Å². The molecule has 0 aliphatic carbocycles. The number of benzene rings is 3. The summed E-state index contributed by atoms with van der Waals surface area (Å²) >= 11 is 0. The number of aliphatic imine (C=N–C) groups is 1. The zero-order chi connectivity index (χ0) is 21.2. The molecule has 3 aliphatic heterocycles. The summed E-state index contributed by atoms with van der Waals surface area (Å²) in [5.41, 5.74) is 3.84. The van der Waals surface area contributed by atoms with Gasteiger partial charge in [0.25, 0.3) is 0 Å². The first-order valence-corrected chi connectivity index (χ1v) is 11.4. The van der Waals surface area contributed by atoms with Gasteiger partial charge in [-0.2, -0.15) is 0 Å². The Morgan fingerprint density at radius 1 is 0.871 bits per heavy atom. The molecule has 0 bridgehead atoms. The second-order valence-corrected chi connectivity index (χ2v) is 9.59. The van der Waals surface area contributed by atoms with Crippen LogP contribution in [-0.4, -0.2) is 32.1 Å². The predicted molar refractivity (Wildman–Crippen MR) is 129 cm³/mol. The summed E-state index contributed by atoms with van der Waals surface area (Å²) < 4.78 is 6.98. The second kappa shape index (κ2) is 6.49. The first-order valence-electron chi connectivity index (χ1n) is 11.4. The van der Waals surface area contributed by atoms with Crippen molar-refractivity contribution >= 4 is 34.0 Å². The molecular weight excluding hydrogens is 382 g/mol. The Morgan fingerprint density at radius 2 is 1.58 bits per heavy atom. The molecule has 3 heterocycles. The summed E-state index contributed by atoms with van der Waals surface area (Å²) in [6.07, 6.45) is 5.85. The monoisotopic (exact) mass is 411 g/mol. The smallest absolute Gasteiger partial charge is 0.228 e. The molecule has 0 unspecified atom stereocenters. The van der Waals surface area contributed by atoms with Gasteiger partial charge in [0.05, 0.1) is 11.6 Å². The molecule has 1 saturated heterocycles. The van der Waals surface area contributed by atoms with E-state index in [1.54, 1.807) is 0 Å². The maximum atomic E-state index is 6.98. The molecule has 6 rings (SSSR count). The van der Waals surface area contributed by atoms with E-state index in [9.17, 15) is 0 Å². The highest BCUT2D eigenvalue weighted by molar-refractivity contribution is 6.06. The second-order valence-electron chi connectivity index (χ2n) is 9.59. The van der Waals surface area contributed by atoms with Gasteiger partial charge in [-0.15, -0.1) is 0 Å². The van der Waals surface area contributed by atoms with Crippen LogP contribution in [0, 0.1) is 0 Å². The summed E-state index contributed by atoms with van der Waals surface area (Å²) in [4.78, 5) is 9.84. The van der Waals surface area contributed by atoms with E-state index in [-0.39, 0.29) is 5.41 Å². The van der Waals surface area contributed by atoms with Crippen LogP contribution < -0.4 is 14.5 Å². The molecule has 4 nitrogen and oxygen atoms in total. The Hall–Kier alpha value is -3.01. The number of fused-ring (bicyclic) bond motifs is 4. The zero-order valence-corrected chi connectivity index (χ0v) is 18.6. The molecule has 3 aromatic rings. The van der Waals surface area contributed by atoms with E-state index < -0.39 is 5.72 Å². The maximum absolute atomic E-state index is 6.98. The van der Waals surface area contributed by atoms with Gasteiger partial charge in [-0.1, -0.05) is 42.5 Å². The molecule has 0 N–H and O–H groups in total. The number of likely N-dealkylation sites (N-methyl/N-ethyl adjacent to an activating group) is 1. The van der Waals surface area contributed by atoms with Crippen LogP contribution in [0.5, 0.6) is 5.75 Å². The zero-order valence-electron chi connectivity index (χ0n) is 18.6. The van der Waals surface area contributed by atoms with Crippen molar-refractivity contribution in [1.82, 2.24) is 0 Å². The van der Waals surface area contributed by atoms with E-state index in [4.69, 9.17) is 9.73 Å². The molecule has 1 fully saturated rings. The van der Waals surface area contributed by atoms with Crippen molar-refractivity contribution in [3.05, 3.63) is 60.2 Å². The van der Waals surface area contributed by atoms with Crippen LogP contribution in [0.25, 0.3) is 10.8 Å². The summed E-state index contributed by atoms with van der Waals surface area (Å²) in [7, 11) is 2.12. The van der Waals surface area contributed by atoms with E-state index in [0.29, 0.717) is 0 Å². The van der Waals surface area contributed by atoms with E-state index >= 15 is 0 Å². The number of anilines is 2. The van der Waals surface area contributed by atoms with Crippen LogP contribution in [0.3, 0.4) is 0 Å². The maximum Gasteiger partial charge on any atom is 0.228 e. The summed E-state index contributed by atoms with van der Waals surface area (Å²) in [6, 6.07) is 19.5. The number of para-hydroxylation sites is 1. The molecule has 1 spiro atoms. The highest BCUT2D eigenvalue weighted by Gasteiger charge is 2.58. The molecule has 158 valence electrons. The fourth-order valence-corrected chi connectivity index (χ4v) is 5.80. The third-order valence-electron chi connectivity index (χ3n) is 7.62. The largest absolute Gasteiger partial charge is 0.459 e. The predicted octanol–water partition coefficient (Wildman–Crippen LogP) is 6.05. The van der Waals surface area contributed by atoms with Gasteiger partial charge in [-0.25, -0.2) is 0 Å². The SMILES string of the molecule is CN1c2ccccc2C(C)(C)[C@@]12C=Nc1c(cc(N3CCCCC3)c3ccccc13)O2. The van der Waals surface area contributed by atoms with E-state index in [1.165, 1.54) is 47.0 Å². The lowest BCUT2D eigenvalue weighted by molar-refractivity contribution is 0.0827. The normalized spacial score (nSPS) is 23.7. The average Bonchev–Trinajstić information content (AvgIpc) is 2.97. The number of nitrogens with zero attached hydrogens (tertiary/aromatic N) is 3. The molecular formula is C27H29N3O. The van der Waals surface area contributed by atoms with Crippen LogP contribution in [0.4, 0.5) is 17.1 Å². The van der Waals surface area contributed by atoms with Crippen LogP contribution >= 0.6 is 0 Å². The third kappa shape index (κ3) is 2.45. The molecule has 3 aromatic carbocycles. The lowest BCUT2D eigenvalue weighted by atomic mass is 9.77. The molecule has 0 aromatic heterocycles. The van der Waals surface area contributed by atoms with E-state index in [0.717, 1.165) is 24.5 Å². The number of ether oxygens (including phenoxy) is 1. The Balaban J connectivity index is 1.53.